The molecule has 3 aromatic rings. The number of hydrogen-bond donors (Lipinski definition) is 2. The van der Waals surface area contributed by atoms with Crippen molar-refractivity contribution in [2.45, 2.75) is 0 Å². The second-order valence-corrected chi connectivity index (χ2v) is 3.89. The van der Waals surface area contributed by atoms with E-state index >= 15 is 0 Å². The highest BCUT2D eigenvalue weighted by atomic mass is 19.2. The molecule has 0 amide bonds. The van der Waals surface area contributed by atoms with Crippen LogP contribution in [0.25, 0.3) is 11.0 Å². The summed E-state index contributed by atoms with van der Waals surface area (Å²) in [6.45, 7) is 0. The Kier molecular flexibility index (Phi) is 2.52. The Morgan fingerprint density at radius 3 is 2.63 bits per heavy atom. The average Bonchev–Trinajstić information content (AvgIpc) is 2.88. The van der Waals surface area contributed by atoms with E-state index in [0.29, 0.717) is 22.4 Å². The van der Waals surface area contributed by atoms with Crippen molar-refractivity contribution in [1.82, 2.24) is 10.3 Å². The summed E-state index contributed by atoms with van der Waals surface area (Å²) in [6, 6.07) is 7.01. The molecule has 2 aromatic carbocycles. The summed E-state index contributed by atoms with van der Waals surface area (Å²) >= 11 is 0. The van der Waals surface area contributed by atoms with E-state index < -0.39 is 11.6 Å². The minimum Gasteiger partial charge on any atom is -0.397 e. The van der Waals surface area contributed by atoms with Crippen LogP contribution < -0.4 is 11.1 Å². The zero-order chi connectivity index (χ0) is 13.4. The highest BCUT2D eigenvalue weighted by Crippen LogP contribution is 2.29. The van der Waals surface area contributed by atoms with Gasteiger partial charge >= 0.3 is 0 Å². The summed E-state index contributed by atoms with van der Waals surface area (Å²) in [5.41, 5.74) is 7.22. The van der Waals surface area contributed by atoms with Crippen LogP contribution in [0, 0.1) is 11.6 Å². The number of nitrogen functional groups attached to an aromatic ring is 1. The molecule has 0 saturated heterocycles. The third-order valence-electron chi connectivity index (χ3n) is 2.67. The van der Waals surface area contributed by atoms with E-state index in [0.717, 1.165) is 6.07 Å². The number of anilines is 3. The van der Waals surface area contributed by atoms with Gasteiger partial charge in [0.15, 0.2) is 22.7 Å². The van der Waals surface area contributed by atoms with Crippen LogP contribution in [-0.4, -0.2) is 10.3 Å². The van der Waals surface area contributed by atoms with Gasteiger partial charge in [0.1, 0.15) is 0 Å². The van der Waals surface area contributed by atoms with Crippen LogP contribution >= 0.6 is 0 Å². The third kappa shape index (κ3) is 1.85. The summed E-state index contributed by atoms with van der Waals surface area (Å²) in [5, 5.41) is 10.1. The molecule has 0 spiro atoms. The van der Waals surface area contributed by atoms with Gasteiger partial charge in [0.2, 0.25) is 0 Å². The summed E-state index contributed by atoms with van der Waals surface area (Å²) in [7, 11) is 0. The lowest BCUT2D eigenvalue weighted by molar-refractivity contribution is 0.316. The average molecular weight is 262 g/mol. The summed E-state index contributed by atoms with van der Waals surface area (Å²) in [5.74, 6) is -1.90. The van der Waals surface area contributed by atoms with Crippen LogP contribution in [0.5, 0.6) is 0 Å². The molecule has 96 valence electrons. The predicted molar refractivity (Wildman–Crippen MR) is 65.9 cm³/mol. The molecule has 0 atom stereocenters. The number of aromatic nitrogens is 2. The Morgan fingerprint density at radius 1 is 1.00 bits per heavy atom. The molecule has 0 aliphatic carbocycles. The molecule has 3 N–H and O–H groups in total. The van der Waals surface area contributed by atoms with Gasteiger partial charge in [-0.1, -0.05) is 6.07 Å². The van der Waals surface area contributed by atoms with Gasteiger partial charge in [0, 0.05) is 0 Å². The first kappa shape index (κ1) is 11.4. The molecule has 5 nitrogen and oxygen atoms in total. The maximum atomic E-state index is 13.6. The third-order valence-corrected chi connectivity index (χ3v) is 2.67. The molecule has 19 heavy (non-hydrogen) atoms. The Bertz CT molecular complexity index is 757. The fraction of sp³-hybridized carbons (Fsp3) is 0. The standard InChI is InChI=1S/C12H8F2N4O/c13-6-2-1-3-8(10(6)14)16-9-5-4-7(15)11-12(9)18-19-17-11/h1-5,16H,15H2. The lowest BCUT2D eigenvalue weighted by Gasteiger charge is -2.08. The second kappa shape index (κ2) is 4.20. The Balaban J connectivity index is 2.09. The summed E-state index contributed by atoms with van der Waals surface area (Å²) in [6.07, 6.45) is 0. The molecule has 0 unspecified atom stereocenters. The topological polar surface area (TPSA) is 77.0 Å². The lowest BCUT2D eigenvalue weighted by atomic mass is 10.2. The highest BCUT2D eigenvalue weighted by Gasteiger charge is 2.13. The van der Waals surface area contributed by atoms with E-state index in [9.17, 15) is 8.78 Å². The maximum Gasteiger partial charge on any atom is 0.182 e. The van der Waals surface area contributed by atoms with Crippen molar-refractivity contribution in [1.29, 1.82) is 0 Å². The quantitative estimate of drug-likeness (QED) is 0.694. The van der Waals surface area contributed by atoms with Crippen molar-refractivity contribution in [3.05, 3.63) is 42.0 Å². The number of rotatable bonds is 2. The number of fused-ring (bicyclic) bond motifs is 1. The number of benzene rings is 2. The number of nitrogens with two attached hydrogens (primary N) is 1. The van der Waals surface area contributed by atoms with Crippen molar-refractivity contribution < 1.29 is 13.4 Å². The molecule has 1 aromatic heterocycles. The zero-order valence-corrected chi connectivity index (χ0v) is 9.52. The molecule has 0 aliphatic heterocycles. The first-order valence-corrected chi connectivity index (χ1v) is 5.38. The van der Waals surface area contributed by atoms with E-state index in [4.69, 9.17) is 5.73 Å². The number of halogens is 2. The van der Waals surface area contributed by atoms with Gasteiger partial charge in [0.05, 0.1) is 17.1 Å². The van der Waals surface area contributed by atoms with Crippen LogP contribution in [0.4, 0.5) is 25.8 Å². The van der Waals surface area contributed by atoms with Crippen molar-refractivity contribution in [3.63, 3.8) is 0 Å². The SMILES string of the molecule is Nc1ccc(Nc2cccc(F)c2F)c2nonc12. The maximum absolute atomic E-state index is 13.6. The number of nitrogens with one attached hydrogen (secondary N) is 1. The van der Waals surface area contributed by atoms with Crippen molar-refractivity contribution >= 4 is 28.1 Å². The van der Waals surface area contributed by atoms with Gasteiger partial charge in [-0.05, 0) is 34.6 Å². The fourth-order valence-corrected chi connectivity index (χ4v) is 1.73. The Morgan fingerprint density at radius 2 is 1.79 bits per heavy atom. The fourth-order valence-electron chi connectivity index (χ4n) is 1.73. The minimum absolute atomic E-state index is 0.00549. The first-order chi connectivity index (χ1) is 9.16. The Hall–Kier alpha value is -2.70. The molecule has 0 radical (unpaired) electrons. The molecule has 0 bridgehead atoms. The second-order valence-electron chi connectivity index (χ2n) is 3.89. The van der Waals surface area contributed by atoms with Crippen molar-refractivity contribution in [3.8, 4) is 0 Å². The molecule has 1 heterocycles. The largest absolute Gasteiger partial charge is 0.397 e. The summed E-state index contributed by atoms with van der Waals surface area (Å²) in [4.78, 5) is 0. The first-order valence-electron chi connectivity index (χ1n) is 5.38. The monoisotopic (exact) mass is 262 g/mol. The summed E-state index contributed by atoms with van der Waals surface area (Å²) < 4.78 is 31.3. The van der Waals surface area contributed by atoms with Gasteiger partial charge in [-0.2, -0.15) is 0 Å². The number of hydrogen-bond acceptors (Lipinski definition) is 5. The molecule has 7 heteroatoms. The number of nitrogens with zero attached hydrogens (tertiary/aromatic N) is 2. The predicted octanol–water partition coefficient (Wildman–Crippen LogP) is 2.83. The van der Waals surface area contributed by atoms with Crippen molar-refractivity contribution in [2.75, 3.05) is 11.1 Å². The van der Waals surface area contributed by atoms with E-state index in [2.05, 4.69) is 20.3 Å². The van der Waals surface area contributed by atoms with Crippen LogP contribution in [0.2, 0.25) is 0 Å². The molecule has 0 saturated carbocycles. The van der Waals surface area contributed by atoms with E-state index in [1.54, 1.807) is 12.1 Å². The van der Waals surface area contributed by atoms with Gasteiger partial charge < -0.3 is 11.1 Å². The Labute approximate surface area is 106 Å². The highest BCUT2D eigenvalue weighted by molar-refractivity contribution is 5.96. The van der Waals surface area contributed by atoms with Gasteiger partial charge in [0.25, 0.3) is 0 Å². The van der Waals surface area contributed by atoms with Crippen LogP contribution in [0.1, 0.15) is 0 Å². The minimum atomic E-state index is -0.969. The molecule has 0 fully saturated rings. The molecule has 3 rings (SSSR count). The van der Waals surface area contributed by atoms with Crippen LogP contribution in [0.15, 0.2) is 35.0 Å². The van der Waals surface area contributed by atoms with Gasteiger partial charge in [-0.25, -0.2) is 13.4 Å². The lowest BCUT2D eigenvalue weighted by Crippen LogP contribution is -1.98. The molecular weight excluding hydrogens is 254 g/mol. The normalized spacial score (nSPS) is 10.8. The zero-order valence-electron chi connectivity index (χ0n) is 9.52. The van der Waals surface area contributed by atoms with Gasteiger partial charge in [-0.3, -0.25) is 0 Å². The van der Waals surface area contributed by atoms with E-state index in [1.165, 1.54) is 12.1 Å². The molecular formula is C12H8F2N4O. The van der Waals surface area contributed by atoms with Crippen molar-refractivity contribution in [2.24, 2.45) is 0 Å². The van der Waals surface area contributed by atoms with Crippen LogP contribution in [0.3, 0.4) is 0 Å². The van der Waals surface area contributed by atoms with E-state index in [-0.39, 0.29) is 5.69 Å². The van der Waals surface area contributed by atoms with E-state index in [1.807, 2.05) is 0 Å². The smallest absolute Gasteiger partial charge is 0.182 e. The molecule has 0 aliphatic rings. The van der Waals surface area contributed by atoms with Crippen LogP contribution in [-0.2, 0) is 0 Å². The van der Waals surface area contributed by atoms with Gasteiger partial charge in [-0.15, -0.1) is 0 Å².